The van der Waals surface area contributed by atoms with Crippen LogP contribution >= 0.6 is 0 Å². The first-order valence-corrected chi connectivity index (χ1v) is 10.1. The number of amides is 1. The van der Waals surface area contributed by atoms with Gasteiger partial charge in [-0.1, -0.05) is 36.8 Å². The molecule has 1 aliphatic rings. The Morgan fingerprint density at radius 2 is 2.14 bits per heavy atom. The highest BCUT2D eigenvalue weighted by molar-refractivity contribution is 5.94. The number of carbonyl (C=O) groups excluding carboxylic acids is 1. The van der Waals surface area contributed by atoms with Crippen LogP contribution in [0.25, 0.3) is 22.4 Å². The molecular weight excluding hydrogens is 352 g/mol. The van der Waals surface area contributed by atoms with Gasteiger partial charge in [-0.15, -0.1) is 10.2 Å². The van der Waals surface area contributed by atoms with Crippen LogP contribution < -0.4 is 5.32 Å². The number of benzene rings is 1. The van der Waals surface area contributed by atoms with Gasteiger partial charge in [-0.3, -0.25) is 4.79 Å². The summed E-state index contributed by atoms with van der Waals surface area (Å²) in [4.78, 5) is 12.5. The van der Waals surface area contributed by atoms with Crippen molar-refractivity contribution in [3.63, 3.8) is 0 Å². The number of rotatable bonds is 7. The molecule has 0 saturated carbocycles. The second-order valence-electron chi connectivity index (χ2n) is 7.25. The third-order valence-corrected chi connectivity index (χ3v) is 5.26. The molecule has 0 unspecified atom stereocenters. The fourth-order valence-corrected chi connectivity index (χ4v) is 3.76. The van der Waals surface area contributed by atoms with E-state index in [0.717, 1.165) is 22.9 Å². The molecule has 0 atom stereocenters. The quantitative estimate of drug-likeness (QED) is 0.624. The van der Waals surface area contributed by atoms with E-state index in [1.54, 1.807) is 0 Å². The Morgan fingerprint density at radius 1 is 1.25 bits per heavy atom. The lowest BCUT2D eigenvalue weighted by atomic mass is 9.97. The number of nitrogens with one attached hydrogen (secondary N) is 1. The predicted octanol–water partition coefficient (Wildman–Crippen LogP) is 4.26. The highest BCUT2D eigenvalue weighted by Gasteiger charge is 2.16. The van der Waals surface area contributed by atoms with Gasteiger partial charge in [0.1, 0.15) is 6.54 Å². The van der Waals surface area contributed by atoms with Crippen molar-refractivity contribution in [2.24, 2.45) is 0 Å². The third-order valence-electron chi connectivity index (χ3n) is 5.26. The number of para-hydroxylation sites is 1. The summed E-state index contributed by atoms with van der Waals surface area (Å²) in [5.41, 5.74) is 3.32. The van der Waals surface area contributed by atoms with Crippen LogP contribution in [0.2, 0.25) is 0 Å². The van der Waals surface area contributed by atoms with Gasteiger partial charge in [0, 0.05) is 30.1 Å². The summed E-state index contributed by atoms with van der Waals surface area (Å²) in [5, 5.41) is 12.3. The Labute approximate surface area is 164 Å². The average molecular weight is 378 g/mol. The van der Waals surface area contributed by atoms with Crippen molar-refractivity contribution in [1.82, 2.24) is 20.1 Å². The highest BCUT2D eigenvalue weighted by atomic mass is 16.4. The second-order valence-corrected chi connectivity index (χ2v) is 7.25. The van der Waals surface area contributed by atoms with Gasteiger partial charge in [-0.05, 0) is 38.2 Å². The van der Waals surface area contributed by atoms with Crippen LogP contribution in [0.15, 0.2) is 46.5 Å². The van der Waals surface area contributed by atoms with E-state index < -0.39 is 0 Å². The van der Waals surface area contributed by atoms with Crippen molar-refractivity contribution in [3.05, 3.63) is 48.0 Å². The summed E-state index contributed by atoms with van der Waals surface area (Å²) in [6.07, 6.45) is 10.8. The molecule has 4 rings (SSSR count). The smallest absolute Gasteiger partial charge is 0.249 e. The van der Waals surface area contributed by atoms with Crippen LogP contribution in [0, 0.1) is 0 Å². The molecule has 1 amide bonds. The van der Waals surface area contributed by atoms with Gasteiger partial charge in [-0.2, -0.15) is 0 Å². The van der Waals surface area contributed by atoms with E-state index in [1.807, 2.05) is 42.0 Å². The minimum Gasteiger partial charge on any atom is -0.421 e. The zero-order chi connectivity index (χ0) is 19.3. The molecule has 0 saturated heterocycles. The van der Waals surface area contributed by atoms with E-state index in [1.165, 1.54) is 31.3 Å². The van der Waals surface area contributed by atoms with Crippen LogP contribution in [0.3, 0.4) is 0 Å². The van der Waals surface area contributed by atoms with Gasteiger partial charge < -0.3 is 14.3 Å². The van der Waals surface area contributed by atoms with Gasteiger partial charge in [0.05, 0.1) is 5.56 Å². The fourth-order valence-electron chi connectivity index (χ4n) is 3.76. The first kappa shape index (κ1) is 18.5. The minimum absolute atomic E-state index is 0.0171. The topological polar surface area (TPSA) is 73.0 Å². The number of fused-ring (bicyclic) bond motifs is 1. The molecule has 0 bridgehead atoms. The molecule has 6 heteroatoms. The average Bonchev–Trinajstić information content (AvgIpc) is 3.34. The van der Waals surface area contributed by atoms with Gasteiger partial charge in [-0.25, -0.2) is 0 Å². The molecule has 1 aliphatic carbocycles. The molecule has 1 aromatic carbocycles. The van der Waals surface area contributed by atoms with E-state index in [4.69, 9.17) is 4.42 Å². The Hall–Kier alpha value is -2.89. The van der Waals surface area contributed by atoms with Crippen LogP contribution in [0.4, 0.5) is 0 Å². The maximum atomic E-state index is 12.5. The van der Waals surface area contributed by atoms with Gasteiger partial charge in [0.25, 0.3) is 0 Å². The molecule has 0 radical (unpaired) electrons. The van der Waals surface area contributed by atoms with Crippen LogP contribution in [-0.2, 0) is 17.8 Å². The Bertz CT molecular complexity index is 999. The monoisotopic (exact) mass is 378 g/mol. The fraction of sp³-hybridized carbons (Fsp3) is 0.409. The first-order chi connectivity index (χ1) is 13.7. The summed E-state index contributed by atoms with van der Waals surface area (Å²) in [7, 11) is 0. The van der Waals surface area contributed by atoms with Crippen LogP contribution in [0.5, 0.6) is 0 Å². The standard InChI is InChI=1S/C22H26N4O2/c1-2-21-24-25-22(28-21)18-14-26(19-11-7-6-10-17(18)19)15-20(27)23-13-12-16-8-4-3-5-9-16/h6-8,10-11,14H,2-5,9,12-13,15H2,1H3,(H,23,27). The number of aryl methyl sites for hydroxylation is 1. The molecule has 0 spiro atoms. The molecule has 2 aromatic heterocycles. The number of nitrogens with zero attached hydrogens (tertiary/aromatic N) is 3. The van der Waals surface area contributed by atoms with Crippen molar-refractivity contribution in [3.8, 4) is 11.5 Å². The van der Waals surface area contributed by atoms with E-state index >= 15 is 0 Å². The number of allylic oxidation sites excluding steroid dienone is 1. The predicted molar refractivity (Wildman–Crippen MR) is 109 cm³/mol. The highest BCUT2D eigenvalue weighted by Crippen LogP contribution is 2.30. The number of hydrogen-bond donors (Lipinski definition) is 1. The van der Waals surface area contributed by atoms with Crippen molar-refractivity contribution in [2.75, 3.05) is 6.54 Å². The molecule has 3 aromatic rings. The van der Waals surface area contributed by atoms with E-state index in [0.29, 0.717) is 24.7 Å². The SMILES string of the molecule is CCc1nnc(-c2cn(CC(=O)NCCC3=CCCCC3)c3ccccc23)o1. The Balaban J connectivity index is 1.47. The second kappa shape index (κ2) is 8.42. The summed E-state index contributed by atoms with van der Waals surface area (Å²) in [6.45, 7) is 2.95. The van der Waals surface area contributed by atoms with Crippen molar-refractivity contribution in [1.29, 1.82) is 0 Å². The molecule has 6 nitrogen and oxygen atoms in total. The lowest BCUT2D eigenvalue weighted by molar-refractivity contribution is -0.121. The first-order valence-electron chi connectivity index (χ1n) is 10.1. The Morgan fingerprint density at radius 3 is 2.93 bits per heavy atom. The number of carbonyl (C=O) groups is 1. The van der Waals surface area contributed by atoms with Gasteiger partial charge >= 0.3 is 0 Å². The van der Waals surface area contributed by atoms with Crippen molar-refractivity contribution in [2.45, 2.75) is 52.0 Å². The van der Waals surface area contributed by atoms with Crippen LogP contribution in [0.1, 0.15) is 44.9 Å². The zero-order valence-corrected chi connectivity index (χ0v) is 16.3. The van der Waals surface area contributed by atoms with Crippen LogP contribution in [-0.4, -0.2) is 27.2 Å². The molecule has 2 heterocycles. The van der Waals surface area contributed by atoms with E-state index in [-0.39, 0.29) is 12.5 Å². The summed E-state index contributed by atoms with van der Waals surface area (Å²) >= 11 is 0. The molecule has 28 heavy (non-hydrogen) atoms. The summed E-state index contributed by atoms with van der Waals surface area (Å²) in [5.74, 6) is 1.13. The molecular formula is C22H26N4O2. The third kappa shape index (κ3) is 4.01. The normalized spacial score (nSPS) is 14.2. The van der Waals surface area contributed by atoms with Gasteiger partial charge in [0.2, 0.25) is 17.7 Å². The molecule has 146 valence electrons. The molecule has 0 aliphatic heterocycles. The van der Waals surface area contributed by atoms with E-state index in [2.05, 4.69) is 21.6 Å². The largest absolute Gasteiger partial charge is 0.421 e. The zero-order valence-electron chi connectivity index (χ0n) is 16.3. The summed E-state index contributed by atoms with van der Waals surface area (Å²) in [6, 6.07) is 7.98. The lowest BCUT2D eigenvalue weighted by Gasteiger charge is -2.13. The number of aromatic nitrogens is 3. The van der Waals surface area contributed by atoms with Crippen molar-refractivity contribution < 1.29 is 9.21 Å². The maximum absolute atomic E-state index is 12.5. The van der Waals surface area contributed by atoms with Gasteiger partial charge in [0.15, 0.2) is 0 Å². The number of hydrogen-bond acceptors (Lipinski definition) is 4. The summed E-state index contributed by atoms with van der Waals surface area (Å²) < 4.78 is 7.69. The lowest BCUT2D eigenvalue weighted by Crippen LogP contribution is -2.28. The molecule has 1 N–H and O–H groups in total. The van der Waals surface area contributed by atoms with Crippen molar-refractivity contribution >= 4 is 16.8 Å². The minimum atomic E-state index is 0.0171. The molecule has 0 fully saturated rings. The maximum Gasteiger partial charge on any atom is 0.249 e. The Kier molecular flexibility index (Phi) is 5.55. The van der Waals surface area contributed by atoms with E-state index in [9.17, 15) is 4.79 Å².